The average molecular weight is 423 g/mol. The minimum absolute atomic E-state index is 0.234. The third kappa shape index (κ3) is 3.66. The van der Waals surface area contributed by atoms with E-state index < -0.39 is 5.97 Å². The molecule has 0 radical (unpaired) electrons. The van der Waals surface area contributed by atoms with Gasteiger partial charge in [-0.15, -0.1) is 10.2 Å². The Bertz CT molecular complexity index is 1200. The summed E-state index contributed by atoms with van der Waals surface area (Å²) in [6, 6.07) is 15.3. The average Bonchev–Trinajstić information content (AvgIpc) is 3.32. The Balaban J connectivity index is 1.65. The molecule has 2 aromatic carbocycles. The normalized spacial score (nSPS) is 11.0. The monoisotopic (exact) mass is 423 g/mol. The lowest BCUT2D eigenvalue weighted by Gasteiger charge is -2.08. The van der Waals surface area contributed by atoms with Crippen LogP contribution in [0, 0.1) is 0 Å². The van der Waals surface area contributed by atoms with Gasteiger partial charge in [0.15, 0.2) is 11.0 Å². The Morgan fingerprint density at radius 1 is 1.13 bits per heavy atom. The number of aromatic nitrogens is 3. The molecular weight excluding hydrogens is 402 g/mol. The van der Waals surface area contributed by atoms with Crippen LogP contribution in [0.25, 0.3) is 22.4 Å². The van der Waals surface area contributed by atoms with Crippen molar-refractivity contribution in [1.82, 2.24) is 14.8 Å². The molecule has 4 aromatic rings. The lowest BCUT2D eigenvalue weighted by Crippen LogP contribution is -2.06. The molecule has 0 N–H and O–H groups in total. The highest BCUT2D eigenvalue weighted by molar-refractivity contribution is 7.98. The van der Waals surface area contributed by atoms with Crippen molar-refractivity contribution in [2.24, 2.45) is 7.05 Å². The van der Waals surface area contributed by atoms with E-state index in [9.17, 15) is 4.79 Å². The molecule has 0 saturated carbocycles. The molecule has 0 amide bonds. The van der Waals surface area contributed by atoms with Crippen LogP contribution in [0.15, 0.2) is 58.1 Å². The molecule has 0 aliphatic heterocycles. The standard InChI is InChI=1S/C22H21N3O4S/c1-4-28-21(26)19-16(14-9-5-8-12-18(14)29-19)13-30-22-24-23-20(25(22)2)15-10-6-7-11-17(15)27-3/h5-12H,4,13H2,1-3H3. The van der Waals surface area contributed by atoms with Crippen LogP contribution in [0.2, 0.25) is 0 Å². The Morgan fingerprint density at radius 3 is 2.70 bits per heavy atom. The summed E-state index contributed by atoms with van der Waals surface area (Å²) in [6.07, 6.45) is 0. The number of esters is 1. The van der Waals surface area contributed by atoms with Crippen LogP contribution in [-0.2, 0) is 17.5 Å². The maximum absolute atomic E-state index is 12.4. The second-order valence-electron chi connectivity index (χ2n) is 6.48. The highest BCUT2D eigenvalue weighted by Crippen LogP contribution is 2.34. The number of carbonyl (C=O) groups is 1. The number of fused-ring (bicyclic) bond motifs is 1. The minimum Gasteiger partial charge on any atom is -0.496 e. The van der Waals surface area contributed by atoms with Gasteiger partial charge in [0.1, 0.15) is 11.3 Å². The minimum atomic E-state index is -0.461. The fraction of sp³-hybridized carbons (Fsp3) is 0.227. The number of carbonyl (C=O) groups excluding carboxylic acids is 1. The fourth-order valence-electron chi connectivity index (χ4n) is 3.24. The number of ether oxygens (including phenoxy) is 2. The number of benzene rings is 2. The van der Waals surface area contributed by atoms with E-state index in [0.717, 1.165) is 27.4 Å². The molecule has 0 atom stereocenters. The summed E-state index contributed by atoms with van der Waals surface area (Å²) in [4.78, 5) is 12.4. The van der Waals surface area contributed by atoms with Crippen molar-refractivity contribution in [2.75, 3.05) is 13.7 Å². The molecule has 0 saturated heterocycles. The molecule has 2 aromatic heterocycles. The molecule has 0 aliphatic carbocycles. The molecule has 154 valence electrons. The van der Waals surface area contributed by atoms with Crippen LogP contribution < -0.4 is 4.74 Å². The molecule has 8 heteroatoms. The summed E-state index contributed by atoms with van der Waals surface area (Å²) < 4.78 is 18.3. The summed E-state index contributed by atoms with van der Waals surface area (Å²) in [5.41, 5.74) is 2.31. The van der Waals surface area contributed by atoms with Crippen molar-refractivity contribution >= 4 is 28.7 Å². The van der Waals surface area contributed by atoms with Crippen LogP contribution >= 0.6 is 11.8 Å². The maximum Gasteiger partial charge on any atom is 0.374 e. The van der Waals surface area contributed by atoms with Gasteiger partial charge in [0, 0.05) is 23.8 Å². The van der Waals surface area contributed by atoms with Gasteiger partial charge in [0.05, 0.1) is 19.3 Å². The van der Waals surface area contributed by atoms with Gasteiger partial charge in [-0.2, -0.15) is 0 Å². The molecule has 0 fully saturated rings. The molecule has 30 heavy (non-hydrogen) atoms. The van der Waals surface area contributed by atoms with Crippen molar-refractivity contribution in [3.05, 3.63) is 59.9 Å². The lowest BCUT2D eigenvalue weighted by atomic mass is 10.1. The van der Waals surface area contributed by atoms with E-state index in [-0.39, 0.29) is 12.4 Å². The number of para-hydroxylation sites is 2. The van der Waals surface area contributed by atoms with E-state index >= 15 is 0 Å². The predicted octanol–water partition coefficient (Wildman–Crippen LogP) is 4.71. The summed E-state index contributed by atoms with van der Waals surface area (Å²) in [5.74, 6) is 1.70. The third-order valence-corrected chi connectivity index (χ3v) is 5.73. The quantitative estimate of drug-likeness (QED) is 0.315. The molecule has 0 spiro atoms. The van der Waals surface area contributed by atoms with Crippen LogP contribution in [0.5, 0.6) is 5.75 Å². The molecule has 2 heterocycles. The first kappa shape index (κ1) is 20.0. The smallest absolute Gasteiger partial charge is 0.374 e. The molecule has 7 nitrogen and oxygen atoms in total. The molecule has 0 unspecified atom stereocenters. The number of furan rings is 1. The van der Waals surface area contributed by atoms with E-state index in [1.165, 1.54) is 11.8 Å². The Labute approximate surface area is 178 Å². The van der Waals surface area contributed by atoms with Crippen LogP contribution in [-0.4, -0.2) is 34.5 Å². The van der Waals surface area contributed by atoms with Crippen molar-refractivity contribution < 1.29 is 18.7 Å². The number of thioether (sulfide) groups is 1. The van der Waals surface area contributed by atoms with Crippen molar-refractivity contribution in [3.8, 4) is 17.1 Å². The highest BCUT2D eigenvalue weighted by Gasteiger charge is 2.23. The number of rotatable bonds is 7. The van der Waals surface area contributed by atoms with Gasteiger partial charge < -0.3 is 18.5 Å². The lowest BCUT2D eigenvalue weighted by molar-refractivity contribution is 0.0491. The predicted molar refractivity (Wildman–Crippen MR) is 115 cm³/mol. The number of methoxy groups -OCH3 is 1. The van der Waals surface area contributed by atoms with Crippen molar-refractivity contribution in [3.63, 3.8) is 0 Å². The Hall–Kier alpha value is -3.26. The van der Waals surface area contributed by atoms with Gasteiger partial charge in [-0.1, -0.05) is 42.1 Å². The largest absolute Gasteiger partial charge is 0.496 e. The zero-order valence-corrected chi connectivity index (χ0v) is 17.7. The van der Waals surface area contributed by atoms with Gasteiger partial charge in [-0.3, -0.25) is 0 Å². The van der Waals surface area contributed by atoms with Crippen LogP contribution in [0.1, 0.15) is 23.0 Å². The zero-order chi connectivity index (χ0) is 21.1. The number of hydrogen-bond donors (Lipinski definition) is 0. The van der Waals surface area contributed by atoms with E-state index in [1.807, 2.05) is 60.1 Å². The summed E-state index contributed by atoms with van der Waals surface area (Å²) in [6.45, 7) is 2.06. The van der Waals surface area contributed by atoms with Gasteiger partial charge in [-0.25, -0.2) is 4.79 Å². The summed E-state index contributed by atoms with van der Waals surface area (Å²) >= 11 is 1.48. The maximum atomic E-state index is 12.4. The second-order valence-corrected chi connectivity index (χ2v) is 7.42. The van der Waals surface area contributed by atoms with Gasteiger partial charge in [0.2, 0.25) is 5.76 Å². The summed E-state index contributed by atoms with van der Waals surface area (Å²) in [5, 5.41) is 10.3. The van der Waals surface area contributed by atoms with Gasteiger partial charge in [0.25, 0.3) is 0 Å². The van der Waals surface area contributed by atoms with E-state index in [1.54, 1.807) is 14.0 Å². The number of nitrogens with zero attached hydrogens (tertiary/aromatic N) is 3. The first-order valence-electron chi connectivity index (χ1n) is 9.47. The van der Waals surface area contributed by atoms with Gasteiger partial charge >= 0.3 is 5.97 Å². The molecule has 0 aliphatic rings. The van der Waals surface area contributed by atoms with E-state index in [4.69, 9.17) is 13.9 Å². The van der Waals surface area contributed by atoms with Crippen molar-refractivity contribution in [1.29, 1.82) is 0 Å². The van der Waals surface area contributed by atoms with Crippen LogP contribution in [0.3, 0.4) is 0 Å². The summed E-state index contributed by atoms with van der Waals surface area (Å²) in [7, 11) is 3.54. The Morgan fingerprint density at radius 2 is 1.90 bits per heavy atom. The topological polar surface area (TPSA) is 79.4 Å². The highest BCUT2D eigenvalue weighted by atomic mass is 32.2. The second kappa shape index (κ2) is 8.62. The third-order valence-electron chi connectivity index (χ3n) is 4.69. The molecule has 4 rings (SSSR count). The molecule has 0 bridgehead atoms. The SMILES string of the molecule is CCOC(=O)c1oc2ccccc2c1CSc1nnc(-c2ccccc2OC)n1C. The van der Waals surface area contributed by atoms with Crippen molar-refractivity contribution in [2.45, 2.75) is 17.8 Å². The Kier molecular flexibility index (Phi) is 5.76. The number of hydrogen-bond acceptors (Lipinski definition) is 7. The van der Waals surface area contributed by atoms with Crippen LogP contribution in [0.4, 0.5) is 0 Å². The van der Waals surface area contributed by atoms with Gasteiger partial charge in [-0.05, 0) is 25.1 Å². The van der Waals surface area contributed by atoms with E-state index in [0.29, 0.717) is 17.2 Å². The van der Waals surface area contributed by atoms with E-state index in [2.05, 4.69) is 10.2 Å². The first-order valence-corrected chi connectivity index (χ1v) is 10.5. The molecular formula is C22H21N3O4S. The zero-order valence-electron chi connectivity index (χ0n) is 16.9. The fourth-order valence-corrected chi connectivity index (χ4v) is 4.18. The first-order chi connectivity index (χ1) is 14.6.